The lowest BCUT2D eigenvalue weighted by Gasteiger charge is -2.19. The van der Waals surface area contributed by atoms with Crippen molar-refractivity contribution >= 4 is 45.3 Å². The fraction of sp³-hybridized carbons (Fsp3) is 0.391. The van der Waals surface area contributed by atoms with Crippen molar-refractivity contribution in [3.63, 3.8) is 0 Å². The Morgan fingerprint density at radius 1 is 1.34 bits per heavy atom. The molecule has 0 fully saturated rings. The maximum absolute atomic E-state index is 13.9. The molecule has 3 N–H and O–H groups in total. The Hall–Kier alpha value is -2.65. The van der Waals surface area contributed by atoms with E-state index in [2.05, 4.69) is 12.2 Å². The second-order valence-electron chi connectivity index (χ2n) is 8.47. The molecule has 1 aliphatic carbocycles. The van der Waals surface area contributed by atoms with Crippen LogP contribution < -0.4 is 16.6 Å². The number of nitrogens with two attached hydrogens (primary N) is 1. The van der Waals surface area contributed by atoms with Gasteiger partial charge in [0, 0.05) is 4.88 Å². The molecular formula is C23H26N4O3S2. The lowest BCUT2D eigenvalue weighted by Crippen LogP contribution is -2.39. The number of urea groups is 1. The quantitative estimate of drug-likeness (QED) is 0.445. The third kappa shape index (κ3) is 4.19. The van der Waals surface area contributed by atoms with E-state index in [0.717, 1.165) is 53.4 Å². The molecule has 9 heteroatoms. The van der Waals surface area contributed by atoms with Gasteiger partial charge in [-0.25, -0.2) is 9.78 Å². The molecule has 0 radical (unpaired) electrons. The van der Waals surface area contributed by atoms with Gasteiger partial charge in [0.15, 0.2) is 5.16 Å². The molecule has 32 heavy (non-hydrogen) atoms. The first-order chi connectivity index (χ1) is 15.2. The third-order valence-electron chi connectivity index (χ3n) is 5.80. The van der Waals surface area contributed by atoms with E-state index in [0.29, 0.717) is 21.3 Å². The van der Waals surface area contributed by atoms with Gasteiger partial charge in [-0.1, -0.05) is 30.8 Å². The number of imide groups is 1. The number of benzene rings is 1. The maximum Gasteiger partial charge on any atom is 0.318 e. The highest BCUT2D eigenvalue weighted by Gasteiger charge is 2.27. The number of nitrogens with zero attached hydrogens (tertiary/aromatic N) is 2. The number of hydrogen-bond acceptors (Lipinski definition) is 6. The van der Waals surface area contributed by atoms with Crippen molar-refractivity contribution in [2.24, 2.45) is 11.7 Å². The number of thiophene rings is 1. The predicted octanol–water partition coefficient (Wildman–Crippen LogP) is 3.86. The third-order valence-corrected chi connectivity index (χ3v) is 8.00. The summed E-state index contributed by atoms with van der Waals surface area (Å²) >= 11 is 2.72. The first kappa shape index (κ1) is 22.5. The van der Waals surface area contributed by atoms with Crippen LogP contribution in [-0.4, -0.2) is 26.7 Å². The summed E-state index contributed by atoms with van der Waals surface area (Å²) in [5.41, 5.74) is 8.82. The van der Waals surface area contributed by atoms with Crippen molar-refractivity contribution in [3.05, 3.63) is 50.1 Å². The number of nitrogens with one attached hydrogen (secondary N) is 1. The van der Waals surface area contributed by atoms with Gasteiger partial charge in [0.2, 0.25) is 5.91 Å². The lowest BCUT2D eigenvalue weighted by atomic mass is 9.89. The first-order valence-corrected chi connectivity index (χ1v) is 12.3. The van der Waals surface area contributed by atoms with E-state index in [1.807, 2.05) is 32.0 Å². The normalized spacial score (nSPS) is 16.6. The lowest BCUT2D eigenvalue weighted by molar-refractivity contribution is -0.119. The maximum atomic E-state index is 13.9. The van der Waals surface area contributed by atoms with Crippen molar-refractivity contribution in [1.29, 1.82) is 0 Å². The molecule has 2 atom stereocenters. The summed E-state index contributed by atoms with van der Waals surface area (Å²) in [5.74, 6) is 0.0619. The van der Waals surface area contributed by atoms with Gasteiger partial charge in [0.05, 0.1) is 16.3 Å². The number of hydrogen-bond donors (Lipinski definition) is 2. The van der Waals surface area contributed by atoms with Crippen LogP contribution in [0, 0.1) is 19.8 Å². The van der Waals surface area contributed by atoms with Crippen LogP contribution in [0.1, 0.15) is 41.8 Å². The highest BCUT2D eigenvalue weighted by Crippen LogP contribution is 2.37. The Morgan fingerprint density at radius 2 is 2.09 bits per heavy atom. The molecule has 168 valence electrons. The molecule has 2 aromatic heterocycles. The number of rotatable bonds is 4. The summed E-state index contributed by atoms with van der Waals surface area (Å²) in [5, 5.41) is 2.55. The molecule has 0 saturated carbocycles. The molecule has 7 nitrogen and oxygen atoms in total. The van der Waals surface area contributed by atoms with E-state index < -0.39 is 17.2 Å². The Morgan fingerprint density at radius 3 is 2.81 bits per heavy atom. The summed E-state index contributed by atoms with van der Waals surface area (Å²) in [6.07, 6.45) is 2.89. The number of fused-ring (bicyclic) bond motifs is 3. The number of carbonyl (C=O) groups excluding carboxylic acids is 2. The molecule has 0 aliphatic heterocycles. The summed E-state index contributed by atoms with van der Waals surface area (Å²) in [6, 6.07) is 5.03. The van der Waals surface area contributed by atoms with Gasteiger partial charge in [-0.2, -0.15) is 0 Å². The standard InChI is InChI=1S/C23H26N4O3S2/c1-11-5-7-13(3)16(9-11)27-21(29)18-15-8-6-12(2)10-17(15)32-20(18)26-23(27)31-14(4)19(28)25-22(24)30/h5,7,9,12,14H,6,8,10H2,1-4H3,(H3,24,25,28,30)/t12-,14+/m0/s1. The highest BCUT2D eigenvalue weighted by atomic mass is 32.2. The van der Waals surface area contributed by atoms with Crippen molar-refractivity contribution in [3.8, 4) is 5.69 Å². The van der Waals surface area contributed by atoms with E-state index in [9.17, 15) is 14.4 Å². The fourth-order valence-electron chi connectivity index (χ4n) is 4.06. The average molecular weight is 471 g/mol. The minimum Gasteiger partial charge on any atom is -0.351 e. The van der Waals surface area contributed by atoms with Crippen molar-refractivity contribution in [1.82, 2.24) is 14.9 Å². The van der Waals surface area contributed by atoms with Gasteiger partial charge in [-0.3, -0.25) is 19.5 Å². The molecular weight excluding hydrogens is 444 g/mol. The van der Waals surface area contributed by atoms with Crippen molar-refractivity contribution in [2.75, 3.05) is 0 Å². The minimum absolute atomic E-state index is 0.110. The van der Waals surface area contributed by atoms with Crippen LogP contribution in [0.2, 0.25) is 0 Å². The van der Waals surface area contributed by atoms with E-state index in [1.54, 1.807) is 22.8 Å². The van der Waals surface area contributed by atoms with Gasteiger partial charge in [-0.15, -0.1) is 11.3 Å². The Kier molecular flexibility index (Phi) is 6.13. The van der Waals surface area contributed by atoms with Crippen LogP contribution in [0.3, 0.4) is 0 Å². The SMILES string of the molecule is Cc1ccc(C)c(-n2c(S[C@H](C)C(=O)NC(N)=O)nc3sc4c(c3c2=O)CC[C@H](C)C4)c1. The van der Waals surface area contributed by atoms with Crippen molar-refractivity contribution in [2.45, 2.75) is 57.4 Å². The van der Waals surface area contributed by atoms with Crippen molar-refractivity contribution < 1.29 is 9.59 Å². The fourth-order valence-corrected chi connectivity index (χ4v) is 6.40. The highest BCUT2D eigenvalue weighted by molar-refractivity contribution is 8.00. The van der Waals surface area contributed by atoms with E-state index >= 15 is 0 Å². The van der Waals surface area contributed by atoms with Crippen LogP contribution in [0.4, 0.5) is 4.79 Å². The average Bonchev–Trinajstić information content (AvgIpc) is 3.07. The van der Waals surface area contributed by atoms with Crippen LogP contribution in [-0.2, 0) is 17.6 Å². The molecule has 0 saturated heterocycles. The van der Waals surface area contributed by atoms with Crippen LogP contribution in [0.15, 0.2) is 28.2 Å². The zero-order valence-electron chi connectivity index (χ0n) is 18.5. The number of amides is 3. The van der Waals surface area contributed by atoms with Gasteiger partial charge in [0.25, 0.3) is 5.56 Å². The molecule has 3 amide bonds. The molecule has 4 rings (SSSR count). The van der Waals surface area contributed by atoms with E-state index in [-0.39, 0.29) is 5.56 Å². The Labute approximate surface area is 194 Å². The van der Waals surface area contributed by atoms with E-state index in [1.165, 1.54) is 4.88 Å². The largest absolute Gasteiger partial charge is 0.351 e. The Balaban J connectivity index is 1.93. The summed E-state index contributed by atoms with van der Waals surface area (Å²) < 4.78 is 1.62. The van der Waals surface area contributed by atoms with Gasteiger partial charge in [0.1, 0.15) is 4.83 Å². The number of aromatic nitrogens is 2. The van der Waals surface area contributed by atoms with Crippen LogP contribution in [0.25, 0.3) is 15.9 Å². The number of carbonyl (C=O) groups is 2. The zero-order chi connectivity index (χ0) is 23.2. The minimum atomic E-state index is -0.905. The molecule has 1 aliphatic rings. The summed E-state index contributed by atoms with van der Waals surface area (Å²) in [6.45, 7) is 7.82. The van der Waals surface area contributed by atoms with Gasteiger partial charge in [-0.05, 0) is 68.7 Å². The smallest absolute Gasteiger partial charge is 0.318 e. The van der Waals surface area contributed by atoms with Crippen LogP contribution >= 0.6 is 23.1 Å². The monoisotopic (exact) mass is 470 g/mol. The zero-order valence-corrected chi connectivity index (χ0v) is 20.2. The summed E-state index contributed by atoms with van der Waals surface area (Å²) in [4.78, 5) is 44.1. The number of thioether (sulfide) groups is 1. The van der Waals surface area contributed by atoms with Gasteiger partial charge < -0.3 is 5.73 Å². The summed E-state index contributed by atoms with van der Waals surface area (Å²) in [7, 11) is 0. The molecule has 3 aromatic rings. The molecule has 0 bridgehead atoms. The Bertz CT molecular complexity index is 1290. The topological polar surface area (TPSA) is 107 Å². The molecule has 1 aromatic carbocycles. The number of aryl methyl sites for hydroxylation is 3. The second kappa shape index (κ2) is 8.71. The number of primary amides is 1. The molecule has 0 spiro atoms. The first-order valence-electron chi connectivity index (χ1n) is 10.6. The second-order valence-corrected chi connectivity index (χ2v) is 10.9. The van der Waals surface area contributed by atoms with Gasteiger partial charge >= 0.3 is 6.03 Å². The predicted molar refractivity (Wildman–Crippen MR) is 129 cm³/mol. The molecule has 2 heterocycles. The van der Waals surface area contributed by atoms with E-state index in [4.69, 9.17) is 10.7 Å². The molecule has 0 unspecified atom stereocenters. The van der Waals surface area contributed by atoms with Crippen LogP contribution in [0.5, 0.6) is 0 Å².